The Bertz CT molecular complexity index is 618. The minimum atomic E-state index is -0.446. The molecule has 0 aliphatic carbocycles. The van der Waals surface area contributed by atoms with Gasteiger partial charge in [-0.2, -0.15) is 5.26 Å². The Morgan fingerprint density at radius 1 is 1.11 bits per heavy atom. The van der Waals surface area contributed by atoms with Crippen LogP contribution in [0.5, 0.6) is 0 Å². The van der Waals surface area contributed by atoms with Crippen LogP contribution < -0.4 is 0 Å². The van der Waals surface area contributed by atoms with Crippen molar-refractivity contribution in [3.63, 3.8) is 0 Å². The molecule has 0 aliphatic rings. The lowest BCUT2D eigenvalue weighted by molar-refractivity contribution is 0.245. The van der Waals surface area contributed by atoms with Gasteiger partial charge in [-0.25, -0.2) is 0 Å². The Morgan fingerprint density at radius 3 is 2.47 bits per heavy atom. The van der Waals surface area contributed by atoms with E-state index in [0.29, 0.717) is 5.56 Å². The number of rotatable bonds is 3. The molecule has 0 saturated heterocycles. The maximum atomic E-state index is 9.24. The van der Waals surface area contributed by atoms with Gasteiger partial charge in [-0.05, 0) is 41.8 Å². The highest BCUT2D eigenvalue weighted by Gasteiger charge is 1.99. The quantitative estimate of drug-likeness (QED) is 0.902. The molecule has 1 N–H and O–H groups in total. The molecule has 19 heavy (non-hydrogen) atoms. The molecule has 0 heterocycles. The van der Waals surface area contributed by atoms with Crippen LogP contribution in [0, 0.1) is 11.3 Å². The monoisotopic (exact) mass is 249 g/mol. The van der Waals surface area contributed by atoms with Crippen LogP contribution >= 0.6 is 0 Å². The van der Waals surface area contributed by atoms with Crippen LogP contribution in [-0.4, -0.2) is 11.2 Å². The number of hydrogen-bond acceptors (Lipinski definition) is 2. The molecule has 0 unspecified atom stereocenters. The standard InChI is InChI=1S/C17H15NO/c1-13(19)5-6-14-3-2-4-17(11-14)16-9-7-15(12-18)8-10-16/h2-11,13,19H,1H3/t13-/m1/s1. The maximum absolute atomic E-state index is 9.24. The van der Waals surface area contributed by atoms with Gasteiger partial charge in [0.2, 0.25) is 0 Å². The summed E-state index contributed by atoms with van der Waals surface area (Å²) in [6.45, 7) is 1.72. The van der Waals surface area contributed by atoms with Gasteiger partial charge in [0.15, 0.2) is 0 Å². The Labute approximate surface area is 113 Å². The Balaban J connectivity index is 2.30. The fourth-order valence-corrected chi connectivity index (χ4v) is 1.81. The molecule has 0 fully saturated rings. The molecule has 0 bridgehead atoms. The fourth-order valence-electron chi connectivity index (χ4n) is 1.81. The first kappa shape index (κ1) is 13.1. The van der Waals surface area contributed by atoms with Crippen LogP contribution in [0.2, 0.25) is 0 Å². The lowest BCUT2D eigenvalue weighted by atomic mass is 10.0. The lowest BCUT2D eigenvalue weighted by Gasteiger charge is -2.03. The third-order valence-corrected chi connectivity index (χ3v) is 2.80. The van der Waals surface area contributed by atoms with Gasteiger partial charge in [0, 0.05) is 0 Å². The number of benzene rings is 2. The van der Waals surface area contributed by atoms with Crippen LogP contribution in [0.4, 0.5) is 0 Å². The van der Waals surface area contributed by atoms with Crippen molar-refractivity contribution in [2.24, 2.45) is 0 Å². The minimum absolute atomic E-state index is 0.446. The maximum Gasteiger partial charge on any atom is 0.0991 e. The van der Waals surface area contributed by atoms with E-state index in [9.17, 15) is 5.11 Å². The molecule has 0 spiro atoms. The highest BCUT2D eigenvalue weighted by Crippen LogP contribution is 2.21. The topological polar surface area (TPSA) is 44.0 Å². The molecule has 0 aliphatic heterocycles. The molecule has 0 saturated carbocycles. The zero-order valence-corrected chi connectivity index (χ0v) is 10.7. The predicted octanol–water partition coefficient (Wildman–Crippen LogP) is 3.62. The first-order valence-corrected chi connectivity index (χ1v) is 6.16. The van der Waals surface area contributed by atoms with Crippen molar-refractivity contribution in [1.82, 2.24) is 0 Å². The number of hydrogen-bond donors (Lipinski definition) is 1. The summed E-state index contributed by atoms with van der Waals surface area (Å²) in [5, 5.41) is 18.0. The van der Waals surface area contributed by atoms with Gasteiger partial charge in [0.25, 0.3) is 0 Å². The summed E-state index contributed by atoms with van der Waals surface area (Å²) in [5.41, 5.74) is 3.88. The minimum Gasteiger partial charge on any atom is -0.389 e. The van der Waals surface area contributed by atoms with Gasteiger partial charge in [0.1, 0.15) is 0 Å². The highest BCUT2D eigenvalue weighted by atomic mass is 16.3. The van der Waals surface area contributed by atoms with Crippen molar-refractivity contribution < 1.29 is 5.11 Å². The van der Waals surface area contributed by atoms with E-state index < -0.39 is 6.10 Å². The van der Waals surface area contributed by atoms with E-state index >= 15 is 0 Å². The summed E-state index contributed by atoms with van der Waals surface area (Å²) in [6.07, 6.45) is 3.20. The zero-order valence-electron chi connectivity index (χ0n) is 10.7. The van der Waals surface area contributed by atoms with Crippen molar-refractivity contribution in [3.05, 3.63) is 65.7 Å². The Hall–Kier alpha value is -2.37. The van der Waals surface area contributed by atoms with Crippen LogP contribution in [0.15, 0.2) is 54.6 Å². The molecule has 2 rings (SSSR count). The lowest BCUT2D eigenvalue weighted by Crippen LogP contribution is -1.91. The van der Waals surface area contributed by atoms with E-state index in [1.54, 1.807) is 13.0 Å². The summed E-state index contributed by atoms with van der Waals surface area (Å²) >= 11 is 0. The zero-order chi connectivity index (χ0) is 13.7. The molecule has 0 aromatic heterocycles. The van der Waals surface area contributed by atoms with Crippen LogP contribution in [0.3, 0.4) is 0 Å². The van der Waals surface area contributed by atoms with Gasteiger partial charge in [0.05, 0.1) is 17.7 Å². The van der Waals surface area contributed by atoms with Crippen molar-refractivity contribution in [2.45, 2.75) is 13.0 Å². The first-order valence-electron chi connectivity index (χ1n) is 6.16. The average Bonchev–Trinajstić information content (AvgIpc) is 2.45. The van der Waals surface area contributed by atoms with Crippen molar-refractivity contribution in [1.29, 1.82) is 5.26 Å². The van der Waals surface area contributed by atoms with E-state index in [-0.39, 0.29) is 0 Å². The predicted molar refractivity (Wildman–Crippen MR) is 77.3 cm³/mol. The van der Waals surface area contributed by atoms with Gasteiger partial charge >= 0.3 is 0 Å². The molecular weight excluding hydrogens is 234 g/mol. The fraction of sp³-hybridized carbons (Fsp3) is 0.118. The second-order valence-electron chi connectivity index (χ2n) is 4.41. The third kappa shape index (κ3) is 3.54. The van der Waals surface area contributed by atoms with E-state index in [1.165, 1.54) is 0 Å². The molecule has 0 radical (unpaired) electrons. The normalized spacial score (nSPS) is 12.3. The summed E-state index contributed by atoms with van der Waals surface area (Å²) in [6, 6.07) is 17.7. The third-order valence-electron chi connectivity index (χ3n) is 2.80. The molecule has 2 aromatic rings. The van der Waals surface area contributed by atoms with Crippen molar-refractivity contribution in [3.8, 4) is 17.2 Å². The van der Waals surface area contributed by atoms with Gasteiger partial charge < -0.3 is 5.11 Å². The highest BCUT2D eigenvalue weighted by molar-refractivity contribution is 5.68. The summed E-state index contributed by atoms with van der Waals surface area (Å²) in [5.74, 6) is 0. The molecule has 2 aromatic carbocycles. The van der Waals surface area contributed by atoms with Crippen molar-refractivity contribution >= 4 is 6.08 Å². The average molecular weight is 249 g/mol. The van der Waals surface area contributed by atoms with E-state index in [4.69, 9.17) is 5.26 Å². The first-order chi connectivity index (χ1) is 9.19. The second kappa shape index (κ2) is 5.99. The van der Waals surface area contributed by atoms with Crippen LogP contribution in [-0.2, 0) is 0 Å². The van der Waals surface area contributed by atoms with Crippen molar-refractivity contribution in [2.75, 3.05) is 0 Å². The largest absolute Gasteiger partial charge is 0.389 e. The van der Waals surface area contributed by atoms with Gasteiger partial charge in [-0.1, -0.05) is 42.5 Å². The number of aliphatic hydroxyl groups excluding tert-OH is 1. The second-order valence-corrected chi connectivity index (χ2v) is 4.41. The van der Waals surface area contributed by atoms with E-state index in [0.717, 1.165) is 16.7 Å². The van der Waals surface area contributed by atoms with Gasteiger partial charge in [-0.3, -0.25) is 0 Å². The SMILES string of the molecule is C[C@@H](O)C=Cc1cccc(-c2ccc(C#N)cc2)c1. The molecule has 2 nitrogen and oxygen atoms in total. The summed E-state index contributed by atoms with van der Waals surface area (Å²) in [4.78, 5) is 0. The molecular formula is C17H15NO. The summed E-state index contributed by atoms with van der Waals surface area (Å²) < 4.78 is 0. The number of nitrogens with zero attached hydrogens (tertiary/aromatic N) is 1. The van der Waals surface area contributed by atoms with Crippen LogP contribution in [0.25, 0.3) is 17.2 Å². The number of aliphatic hydroxyl groups is 1. The molecule has 2 heteroatoms. The Morgan fingerprint density at radius 2 is 1.84 bits per heavy atom. The molecule has 1 atom stereocenters. The number of nitriles is 1. The van der Waals surface area contributed by atoms with E-state index in [1.807, 2.05) is 48.5 Å². The summed E-state index contributed by atoms with van der Waals surface area (Å²) in [7, 11) is 0. The van der Waals surface area contributed by atoms with Crippen LogP contribution in [0.1, 0.15) is 18.1 Å². The Kier molecular flexibility index (Phi) is 4.12. The smallest absolute Gasteiger partial charge is 0.0991 e. The molecule has 94 valence electrons. The van der Waals surface area contributed by atoms with E-state index in [2.05, 4.69) is 12.1 Å². The van der Waals surface area contributed by atoms with Gasteiger partial charge in [-0.15, -0.1) is 0 Å². The molecule has 0 amide bonds.